The summed E-state index contributed by atoms with van der Waals surface area (Å²) in [5.41, 5.74) is 0.407. The fourth-order valence-corrected chi connectivity index (χ4v) is 5.72. The Labute approximate surface area is 129 Å². The fourth-order valence-electron chi connectivity index (χ4n) is 5.72. The molecule has 2 fully saturated rings. The predicted octanol–water partition coefficient (Wildman–Crippen LogP) is 5.36. The van der Waals surface area contributed by atoms with Gasteiger partial charge in [-0.1, -0.05) is 80.7 Å². The normalized spacial score (nSPS) is 44.1. The molecule has 0 aromatic heterocycles. The molecule has 112 valence electrons. The highest BCUT2D eigenvalue weighted by molar-refractivity contribution is 5.30. The van der Waals surface area contributed by atoms with Gasteiger partial charge in [0.2, 0.25) is 0 Å². The van der Waals surface area contributed by atoms with Gasteiger partial charge in [-0.05, 0) is 29.6 Å². The molecule has 4 aliphatic rings. The number of fused-ring (bicyclic) bond motifs is 3. The molecule has 0 amide bonds. The maximum Gasteiger partial charge on any atom is -0.00954 e. The van der Waals surface area contributed by atoms with Crippen molar-refractivity contribution in [2.24, 2.45) is 40.9 Å². The van der Waals surface area contributed by atoms with Gasteiger partial charge in [-0.25, -0.2) is 0 Å². The summed E-state index contributed by atoms with van der Waals surface area (Å²) in [5, 5.41) is 0. The van der Waals surface area contributed by atoms with Crippen molar-refractivity contribution in [2.45, 2.75) is 33.1 Å². The summed E-state index contributed by atoms with van der Waals surface area (Å²) >= 11 is 0. The van der Waals surface area contributed by atoms with Crippen LogP contribution in [-0.4, -0.2) is 0 Å². The van der Waals surface area contributed by atoms with E-state index in [4.69, 9.17) is 0 Å². The zero-order valence-corrected chi connectivity index (χ0v) is 13.3. The molecule has 0 spiro atoms. The van der Waals surface area contributed by atoms with Crippen LogP contribution in [0.1, 0.15) is 33.1 Å². The van der Waals surface area contributed by atoms with Gasteiger partial charge in [-0.2, -0.15) is 12.3 Å². The number of rotatable bonds is 2. The summed E-state index contributed by atoms with van der Waals surface area (Å²) in [6.45, 7) is 5.09. The van der Waals surface area contributed by atoms with Crippen LogP contribution in [0.25, 0.3) is 0 Å². The molecule has 6 atom stereocenters. The lowest BCUT2D eigenvalue weighted by molar-refractivity contribution is 0.0915. The SMILES string of the molecule is CC(C)(C1[CH-]CCC1)C1C2C=CC=CC2[C@H]2C=CC=CC12. The van der Waals surface area contributed by atoms with Crippen LogP contribution in [-0.2, 0) is 0 Å². The van der Waals surface area contributed by atoms with Crippen LogP contribution in [0.3, 0.4) is 0 Å². The zero-order valence-electron chi connectivity index (χ0n) is 13.3. The van der Waals surface area contributed by atoms with Crippen molar-refractivity contribution in [3.8, 4) is 0 Å². The summed E-state index contributed by atoms with van der Waals surface area (Å²) in [6.07, 6.45) is 25.8. The third-order valence-corrected chi connectivity index (χ3v) is 6.70. The first-order valence-electron chi connectivity index (χ1n) is 8.73. The Balaban J connectivity index is 1.72. The topological polar surface area (TPSA) is 0 Å². The number of hydrogen-bond donors (Lipinski definition) is 0. The van der Waals surface area contributed by atoms with Crippen molar-refractivity contribution < 1.29 is 0 Å². The Bertz CT molecular complexity index is 476. The van der Waals surface area contributed by atoms with Crippen LogP contribution < -0.4 is 0 Å². The summed E-state index contributed by atoms with van der Waals surface area (Å²) in [5.74, 6) is 4.45. The van der Waals surface area contributed by atoms with Crippen LogP contribution in [0.2, 0.25) is 0 Å². The molecule has 0 aromatic carbocycles. The lowest BCUT2D eigenvalue weighted by Gasteiger charge is -2.47. The molecule has 5 unspecified atom stereocenters. The van der Waals surface area contributed by atoms with Crippen molar-refractivity contribution >= 4 is 0 Å². The second kappa shape index (κ2) is 5.00. The summed E-state index contributed by atoms with van der Waals surface area (Å²) in [7, 11) is 0. The van der Waals surface area contributed by atoms with Gasteiger partial charge in [0, 0.05) is 0 Å². The van der Waals surface area contributed by atoms with Gasteiger partial charge in [0.15, 0.2) is 0 Å². The van der Waals surface area contributed by atoms with Gasteiger partial charge in [0.05, 0.1) is 0 Å². The van der Waals surface area contributed by atoms with E-state index in [1.807, 2.05) is 0 Å². The van der Waals surface area contributed by atoms with E-state index in [1.165, 1.54) is 19.3 Å². The molecule has 21 heavy (non-hydrogen) atoms. The molecule has 4 aliphatic carbocycles. The fraction of sp³-hybridized carbons (Fsp3) is 0.571. The molecule has 0 radical (unpaired) electrons. The van der Waals surface area contributed by atoms with E-state index in [0.29, 0.717) is 17.3 Å². The van der Waals surface area contributed by atoms with E-state index in [-0.39, 0.29) is 0 Å². The highest BCUT2D eigenvalue weighted by Crippen LogP contribution is 2.60. The van der Waals surface area contributed by atoms with E-state index >= 15 is 0 Å². The third-order valence-electron chi connectivity index (χ3n) is 6.70. The quantitative estimate of drug-likeness (QED) is 0.597. The Kier molecular flexibility index (Phi) is 3.24. The second-order valence-electron chi connectivity index (χ2n) is 7.97. The molecule has 0 heterocycles. The molecule has 2 saturated carbocycles. The molecule has 0 nitrogen and oxygen atoms in total. The molecule has 0 saturated heterocycles. The van der Waals surface area contributed by atoms with Crippen molar-refractivity contribution in [3.63, 3.8) is 0 Å². The lowest BCUT2D eigenvalue weighted by atomic mass is 9.61. The number of hydrogen-bond acceptors (Lipinski definition) is 0. The molecular formula is C21H27-. The minimum atomic E-state index is 0.407. The van der Waals surface area contributed by atoms with Crippen LogP contribution >= 0.6 is 0 Å². The van der Waals surface area contributed by atoms with Crippen molar-refractivity contribution in [3.05, 3.63) is 55.0 Å². The van der Waals surface area contributed by atoms with Crippen LogP contribution in [0, 0.1) is 47.3 Å². The summed E-state index contributed by atoms with van der Waals surface area (Å²) in [6, 6.07) is 0. The Hall–Kier alpha value is -1.04. The monoisotopic (exact) mass is 279 g/mol. The van der Waals surface area contributed by atoms with E-state index in [1.54, 1.807) is 0 Å². The maximum absolute atomic E-state index is 2.62. The summed E-state index contributed by atoms with van der Waals surface area (Å²) in [4.78, 5) is 0. The highest BCUT2D eigenvalue weighted by atomic mass is 14.6. The van der Waals surface area contributed by atoms with Gasteiger partial charge >= 0.3 is 0 Å². The van der Waals surface area contributed by atoms with Crippen LogP contribution in [0.4, 0.5) is 0 Å². The van der Waals surface area contributed by atoms with Gasteiger partial charge < -0.3 is 6.42 Å². The smallest absolute Gasteiger partial charge is 0.00954 e. The number of allylic oxidation sites excluding steroid dienone is 8. The Morgan fingerprint density at radius 1 is 0.810 bits per heavy atom. The molecule has 0 N–H and O–H groups in total. The first-order chi connectivity index (χ1) is 10.2. The molecule has 0 aliphatic heterocycles. The third kappa shape index (κ3) is 2.02. The second-order valence-corrected chi connectivity index (χ2v) is 7.97. The first kappa shape index (κ1) is 13.6. The van der Waals surface area contributed by atoms with Gasteiger partial charge in [0.1, 0.15) is 0 Å². The zero-order chi connectivity index (χ0) is 14.4. The largest absolute Gasteiger partial charge is 0.325 e. The predicted molar refractivity (Wildman–Crippen MR) is 89.4 cm³/mol. The molecule has 0 bridgehead atoms. The van der Waals surface area contributed by atoms with Gasteiger partial charge in [-0.15, -0.1) is 0 Å². The Morgan fingerprint density at radius 2 is 1.33 bits per heavy atom. The van der Waals surface area contributed by atoms with E-state index in [9.17, 15) is 0 Å². The highest BCUT2D eigenvalue weighted by Gasteiger charge is 2.53. The van der Waals surface area contributed by atoms with Crippen LogP contribution in [0.15, 0.2) is 48.6 Å². The van der Waals surface area contributed by atoms with Gasteiger partial charge in [0.25, 0.3) is 0 Å². The Morgan fingerprint density at radius 3 is 1.81 bits per heavy atom. The molecule has 0 heteroatoms. The molecule has 4 rings (SSSR count). The van der Waals surface area contributed by atoms with Crippen molar-refractivity contribution in [1.82, 2.24) is 0 Å². The lowest BCUT2D eigenvalue weighted by Crippen LogP contribution is -2.37. The van der Waals surface area contributed by atoms with E-state index < -0.39 is 0 Å². The standard InChI is InChI=1S/C21H27/c1-21(2,15-9-3-4-10-15)20-18-13-7-5-11-16(18)17-12-6-8-14-19(17)20/h5-9,11-20H,3-4,10H2,1-2H3/q-1/t15?,16-,17?,18?,19?,20?/m1/s1. The minimum Gasteiger partial charge on any atom is -0.325 e. The van der Waals surface area contributed by atoms with E-state index in [0.717, 1.165) is 23.7 Å². The van der Waals surface area contributed by atoms with E-state index in [2.05, 4.69) is 68.9 Å². The van der Waals surface area contributed by atoms with Gasteiger partial charge in [-0.3, -0.25) is 0 Å². The van der Waals surface area contributed by atoms with Crippen molar-refractivity contribution in [2.75, 3.05) is 0 Å². The summed E-state index contributed by atoms with van der Waals surface area (Å²) < 4.78 is 0. The molecule has 0 aromatic rings. The average molecular weight is 279 g/mol. The van der Waals surface area contributed by atoms with Crippen molar-refractivity contribution in [1.29, 1.82) is 0 Å². The first-order valence-corrected chi connectivity index (χ1v) is 8.73. The minimum absolute atomic E-state index is 0.407. The maximum atomic E-state index is 2.62. The molecular weight excluding hydrogens is 252 g/mol. The average Bonchev–Trinajstić information content (AvgIpc) is 3.14. The van der Waals surface area contributed by atoms with Crippen LogP contribution in [0.5, 0.6) is 0 Å².